The number of aliphatic hydroxyl groups excluding tert-OH is 1. The zero-order valence-electron chi connectivity index (χ0n) is 10.3. The highest BCUT2D eigenvalue weighted by atomic mass is 16.5. The Kier molecular flexibility index (Phi) is 4.21. The SMILES string of the molecule is COc1ccc(C=CC2CCC(O)CC2)cc1. The lowest BCUT2D eigenvalue weighted by molar-refractivity contribution is 0.118. The van der Waals surface area contributed by atoms with Gasteiger partial charge in [-0.15, -0.1) is 0 Å². The molecule has 0 spiro atoms. The van der Waals surface area contributed by atoms with Crippen LogP contribution in [0.5, 0.6) is 5.75 Å². The zero-order valence-corrected chi connectivity index (χ0v) is 10.3. The number of benzene rings is 1. The fourth-order valence-electron chi connectivity index (χ4n) is 2.26. The van der Waals surface area contributed by atoms with Crippen LogP contribution in [0.25, 0.3) is 6.08 Å². The van der Waals surface area contributed by atoms with Crippen LogP contribution in [0.1, 0.15) is 31.2 Å². The molecule has 1 saturated carbocycles. The Morgan fingerprint density at radius 3 is 2.35 bits per heavy atom. The highest BCUT2D eigenvalue weighted by Gasteiger charge is 2.16. The number of ether oxygens (including phenoxy) is 1. The first kappa shape index (κ1) is 12.2. The molecule has 17 heavy (non-hydrogen) atoms. The van der Waals surface area contributed by atoms with Crippen molar-refractivity contribution in [3.8, 4) is 5.75 Å². The van der Waals surface area contributed by atoms with Gasteiger partial charge in [0, 0.05) is 0 Å². The minimum absolute atomic E-state index is 0.0689. The summed E-state index contributed by atoms with van der Waals surface area (Å²) in [4.78, 5) is 0. The molecule has 1 N–H and O–H groups in total. The monoisotopic (exact) mass is 232 g/mol. The molecule has 0 bridgehead atoms. The van der Waals surface area contributed by atoms with Crippen molar-refractivity contribution in [3.05, 3.63) is 35.9 Å². The minimum Gasteiger partial charge on any atom is -0.497 e. The van der Waals surface area contributed by atoms with E-state index in [0.717, 1.165) is 31.4 Å². The van der Waals surface area contributed by atoms with E-state index < -0.39 is 0 Å². The fraction of sp³-hybridized carbons (Fsp3) is 0.467. The zero-order chi connectivity index (χ0) is 12.1. The molecule has 2 heteroatoms. The summed E-state index contributed by atoms with van der Waals surface area (Å²) in [5, 5.41) is 9.43. The van der Waals surface area contributed by atoms with Crippen LogP contribution in [0.15, 0.2) is 30.3 Å². The van der Waals surface area contributed by atoms with Crippen molar-refractivity contribution in [2.75, 3.05) is 7.11 Å². The van der Waals surface area contributed by atoms with Gasteiger partial charge < -0.3 is 9.84 Å². The van der Waals surface area contributed by atoms with Gasteiger partial charge in [-0.3, -0.25) is 0 Å². The standard InChI is InChI=1S/C15H20O2/c1-17-15-10-6-13(7-11-15)3-2-12-4-8-14(16)9-5-12/h2-3,6-7,10-12,14,16H,4-5,8-9H2,1H3. The molecule has 1 aliphatic rings. The second kappa shape index (κ2) is 5.87. The van der Waals surface area contributed by atoms with E-state index in [2.05, 4.69) is 24.3 Å². The summed E-state index contributed by atoms with van der Waals surface area (Å²) in [6.45, 7) is 0. The second-order valence-electron chi connectivity index (χ2n) is 4.70. The van der Waals surface area contributed by atoms with Crippen LogP contribution in [-0.2, 0) is 0 Å². The highest BCUT2D eigenvalue weighted by molar-refractivity contribution is 5.50. The molecular formula is C15H20O2. The van der Waals surface area contributed by atoms with Crippen LogP contribution in [0, 0.1) is 5.92 Å². The first-order valence-corrected chi connectivity index (χ1v) is 6.28. The summed E-state index contributed by atoms with van der Waals surface area (Å²) in [6, 6.07) is 8.08. The largest absolute Gasteiger partial charge is 0.497 e. The van der Waals surface area contributed by atoms with Crippen LogP contribution >= 0.6 is 0 Å². The smallest absolute Gasteiger partial charge is 0.118 e. The molecule has 0 aromatic heterocycles. The molecule has 0 heterocycles. The number of hydrogen-bond acceptors (Lipinski definition) is 2. The topological polar surface area (TPSA) is 29.5 Å². The van der Waals surface area contributed by atoms with Crippen LogP contribution in [0.4, 0.5) is 0 Å². The van der Waals surface area contributed by atoms with Crippen molar-refractivity contribution in [1.82, 2.24) is 0 Å². The van der Waals surface area contributed by atoms with Gasteiger partial charge in [0.05, 0.1) is 13.2 Å². The van der Waals surface area contributed by atoms with Crippen molar-refractivity contribution < 1.29 is 9.84 Å². The predicted molar refractivity (Wildman–Crippen MR) is 70.0 cm³/mol. The first-order chi connectivity index (χ1) is 8.28. The van der Waals surface area contributed by atoms with Crippen molar-refractivity contribution >= 4 is 6.08 Å². The predicted octanol–water partition coefficient (Wildman–Crippen LogP) is 3.26. The summed E-state index contributed by atoms with van der Waals surface area (Å²) < 4.78 is 5.12. The molecule has 0 radical (unpaired) electrons. The molecule has 1 aromatic carbocycles. The molecular weight excluding hydrogens is 212 g/mol. The highest BCUT2D eigenvalue weighted by Crippen LogP contribution is 2.26. The maximum atomic E-state index is 9.43. The van der Waals surface area contributed by atoms with E-state index >= 15 is 0 Å². The molecule has 0 atom stereocenters. The molecule has 0 amide bonds. The summed E-state index contributed by atoms with van der Waals surface area (Å²) in [6.07, 6.45) is 8.47. The van der Waals surface area contributed by atoms with Crippen LogP contribution in [-0.4, -0.2) is 18.3 Å². The lowest BCUT2D eigenvalue weighted by atomic mass is 9.87. The fourth-order valence-corrected chi connectivity index (χ4v) is 2.26. The number of hydrogen-bond donors (Lipinski definition) is 1. The lowest BCUT2D eigenvalue weighted by Gasteiger charge is -2.22. The third-order valence-corrected chi connectivity index (χ3v) is 3.42. The maximum absolute atomic E-state index is 9.43. The van der Waals surface area contributed by atoms with E-state index in [0.29, 0.717) is 5.92 Å². The first-order valence-electron chi connectivity index (χ1n) is 6.28. The second-order valence-corrected chi connectivity index (χ2v) is 4.70. The Labute approximate surface area is 103 Å². The van der Waals surface area contributed by atoms with Gasteiger partial charge in [0.15, 0.2) is 0 Å². The minimum atomic E-state index is -0.0689. The van der Waals surface area contributed by atoms with E-state index in [9.17, 15) is 5.11 Å². The maximum Gasteiger partial charge on any atom is 0.118 e. The Balaban J connectivity index is 1.90. The van der Waals surface area contributed by atoms with E-state index in [4.69, 9.17) is 4.74 Å². The average Bonchev–Trinajstić information content (AvgIpc) is 2.39. The van der Waals surface area contributed by atoms with Crippen molar-refractivity contribution in [1.29, 1.82) is 0 Å². The summed E-state index contributed by atoms with van der Waals surface area (Å²) in [5.74, 6) is 1.52. The van der Waals surface area contributed by atoms with Gasteiger partial charge in [-0.2, -0.15) is 0 Å². The Hall–Kier alpha value is -1.28. The van der Waals surface area contributed by atoms with E-state index in [1.165, 1.54) is 5.56 Å². The molecule has 92 valence electrons. The van der Waals surface area contributed by atoms with Crippen LogP contribution in [0.2, 0.25) is 0 Å². The summed E-state index contributed by atoms with van der Waals surface area (Å²) >= 11 is 0. The molecule has 0 saturated heterocycles. The van der Waals surface area contributed by atoms with Crippen LogP contribution in [0.3, 0.4) is 0 Å². The van der Waals surface area contributed by atoms with E-state index in [1.54, 1.807) is 7.11 Å². The van der Waals surface area contributed by atoms with Gasteiger partial charge in [-0.1, -0.05) is 24.3 Å². The average molecular weight is 232 g/mol. The Morgan fingerprint density at radius 1 is 1.12 bits per heavy atom. The lowest BCUT2D eigenvalue weighted by Crippen LogP contribution is -2.16. The Morgan fingerprint density at radius 2 is 1.76 bits per heavy atom. The summed E-state index contributed by atoms with van der Waals surface area (Å²) in [7, 11) is 1.68. The van der Waals surface area contributed by atoms with Crippen molar-refractivity contribution in [2.24, 2.45) is 5.92 Å². The number of allylic oxidation sites excluding steroid dienone is 1. The third-order valence-electron chi connectivity index (χ3n) is 3.42. The van der Waals surface area contributed by atoms with Gasteiger partial charge in [0.1, 0.15) is 5.75 Å². The number of aliphatic hydroxyl groups is 1. The Bertz CT molecular complexity index is 359. The number of methoxy groups -OCH3 is 1. The van der Waals surface area contributed by atoms with Gasteiger partial charge >= 0.3 is 0 Å². The van der Waals surface area contributed by atoms with Crippen molar-refractivity contribution in [2.45, 2.75) is 31.8 Å². The molecule has 1 fully saturated rings. The number of rotatable bonds is 3. The van der Waals surface area contributed by atoms with Gasteiger partial charge in [-0.25, -0.2) is 0 Å². The summed E-state index contributed by atoms with van der Waals surface area (Å²) in [5.41, 5.74) is 1.21. The normalized spacial score (nSPS) is 25.1. The van der Waals surface area contributed by atoms with Gasteiger partial charge in [0.25, 0.3) is 0 Å². The van der Waals surface area contributed by atoms with Crippen molar-refractivity contribution in [3.63, 3.8) is 0 Å². The van der Waals surface area contributed by atoms with E-state index in [-0.39, 0.29) is 6.10 Å². The quantitative estimate of drug-likeness (QED) is 0.866. The van der Waals surface area contributed by atoms with E-state index in [1.807, 2.05) is 12.1 Å². The molecule has 2 rings (SSSR count). The molecule has 0 unspecified atom stereocenters. The molecule has 1 aromatic rings. The molecule has 1 aliphatic carbocycles. The molecule has 0 aliphatic heterocycles. The molecule has 2 nitrogen and oxygen atoms in total. The third kappa shape index (κ3) is 3.60. The van der Waals surface area contributed by atoms with Crippen LogP contribution < -0.4 is 4.74 Å². The van der Waals surface area contributed by atoms with Gasteiger partial charge in [0.2, 0.25) is 0 Å². The van der Waals surface area contributed by atoms with Gasteiger partial charge in [-0.05, 0) is 49.3 Å².